The van der Waals surface area contributed by atoms with Crippen LogP contribution in [0.15, 0.2) is 18.3 Å². The summed E-state index contributed by atoms with van der Waals surface area (Å²) in [6.07, 6.45) is 1.85. The van der Waals surface area contributed by atoms with Crippen molar-refractivity contribution in [1.82, 2.24) is 9.78 Å². The van der Waals surface area contributed by atoms with E-state index in [1.165, 1.54) is 0 Å². The Morgan fingerprint density at radius 3 is 2.92 bits per heavy atom. The van der Waals surface area contributed by atoms with Crippen molar-refractivity contribution in [3.05, 3.63) is 23.9 Å². The van der Waals surface area contributed by atoms with Crippen LogP contribution in [0.5, 0.6) is 0 Å². The monoisotopic (exact) mass is 156 g/mol. The summed E-state index contributed by atoms with van der Waals surface area (Å²) in [4.78, 5) is 0. The minimum Gasteiger partial charge on any atom is -0.268 e. The fourth-order valence-electron chi connectivity index (χ4n) is 1.38. The van der Waals surface area contributed by atoms with E-state index >= 15 is 0 Å². The first kappa shape index (κ1) is 7.41. The van der Waals surface area contributed by atoms with E-state index in [-0.39, 0.29) is 0 Å². The molecular weight excluding hydrogens is 147 g/mol. The maximum absolute atomic E-state index is 5.76. The third-order valence-corrected chi connectivity index (χ3v) is 2.24. The van der Waals surface area contributed by atoms with Gasteiger partial charge < -0.3 is 0 Å². The summed E-state index contributed by atoms with van der Waals surface area (Å²) in [7, 11) is 7.69. The Hall–Kier alpha value is -1.25. The van der Waals surface area contributed by atoms with Crippen molar-refractivity contribution in [2.75, 3.05) is 0 Å². The molecule has 1 aromatic heterocycles. The third kappa shape index (κ3) is 0.859. The number of aromatic nitrogens is 2. The van der Waals surface area contributed by atoms with Gasteiger partial charge in [0.1, 0.15) is 7.85 Å². The minimum atomic E-state index is 0.829. The summed E-state index contributed by atoms with van der Waals surface area (Å²) < 4.78 is 1.85. The molecule has 58 valence electrons. The molecule has 0 amide bonds. The SMILES string of the molecule is [B]c1ccc2c(cnn2C)c1C. The van der Waals surface area contributed by atoms with Crippen LogP contribution in [0.2, 0.25) is 0 Å². The highest BCUT2D eigenvalue weighted by atomic mass is 15.2. The van der Waals surface area contributed by atoms with Crippen LogP contribution < -0.4 is 5.46 Å². The van der Waals surface area contributed by atoms with Crippen LogP contribution in [-0.4, -0.2) is 17.6 Å². The summed E-state index contributed by atoms with van der Waals surface area (Å²) in [6, 6.07) is 3.91. The molecule has 0 aliphatic carbocycles. The van der Waals surface area contributed by atoms with E-state index in [1.54, 1.807) is 0 Å². The highest BCUT2D eigenvalue weighted by molar-refractivity contribution is 6.34. The van der Waals surface area contributed by atoms with Crippen LogP contribution in [0.3, 0.4) is 0 Å². The van der Waals surface area contributed by atoms with Crippen LogP contribution in [-0.2, 0) is 7.05 Å². The van der Waals surface area contributed by atoms with Crippen molar-refractivity contribution in [1.29, 1.82) is 0 Å². The van der Waals surface area contributed by atoms with Gasteiger partial charge in [-0.2, -0.15) is 5.10 Å². The lowest BCUT2D eigenvalue weighted by atomic mass is 9.89. The molecule has 0 atom stereocenters. The van der Waals surface area contributed by atoms with Gasteiger partial charge in [0.05, 0.1) is 11.7 Å². The molecule has 0 bridgehead atoms. The molecule has 12 heavy (non-hydrogen) atoms. The Morgan fingerprint density at radius 2 is 2.17 bits per heavy atom. The summed E-state index contributed by atoms with van der Waals surface area (Å²) in [6.45, 7) is 2.01. The molecule has 0 aliphatic rings. The topological polar surface area (TPSA) is 17.8 Å². The molecule has 2 radical (unpaired) electrons. The van der Waals surface area contributed by atoms with E-state index in [0.717, 1.165) is 21.9 Å². The fourth-order valence-corrected chi connectivity index (χ4v) is 1.38. The molecule has 0 N–H and O–H groups in total. The Balaban J connectivity index is 2.93. The average Bonchev–Trinajstić information content (AvgIpc) is 2.41. The number of aryl methyl sites for hydroxylation is 2. The van der Waals surface area contributed by atoms with Crippen molar-refractivity contribution in [2.45, 2.75) is 6.92 Å². The number of benzene rings is 1. The van der Waals surface area contributed by atoms with Gasteiger partial charge in [0.15, 0.2) is 0 Å². The minimum absolute atomic E-state index is 0.829. The smallest absolute Gasteiger partial charge is 0.114 e. The van der Waals surface area contributed by atoms with Crippen LogP contribution in [0, 0.1) is 6.92 Å². The maximum atomic E-state index is 5.76. The lowest BCUT2D eigenvalue weighted by molar-refractivity contribution is 0.797. The number of fused-ring (bicyclic) bond motifs is 1. The normalized spacial score (nSPS) is 10.8. The highest BCUT2D eigenvalue weighted by Gasteiger charge is 2.02. The molecule has 1 heterocycles. The van der Waals surface area contributed by atoms with Crippen molar-refractivity contribution < 1.29 is 0 Å². The first-order valence-electron chi connectivity index (χ1n) is 3.87. The fraction of sp³-hybridized carbons (Fsp3) is 0.222. The van der Waals surface area contributed by atoms with Gasteiger partial charge in [0, 0.05) is 12.4 Å². The standard InChI is InChI=1S/C9H9BN2/c1-6-7-5-11-12(2)9(7)4-3-8(6)10/h3-5H,1-2H3. The van der Waals surface area contributed by atoms with Gasteiger partial charge in [-0.25, -0.2) is 0 Å². The summed E-state index contributed by atoms with van der Waals surface area (Å²) in [5.41, 5.74) is 3.07. The van der Waals surface area contributed by atoms with E-state index in [9.17, 15) is 0 Å². The predicted octanol–water partition coefficient (Wildman–Crippen LogP) is 0.676. The Morgan fingerprint density at radius 1 is 1.42 bits per heavy atom. The second-order valence-corrected chi connectivity index (χ2v) is 2.98. The number of hydrogen-bond donors (Lipinski definition) is 0. The van der Waals surface area contributed by atoms with Gasteiger partial charge >= 0.3 is 0 Å². The van der Waals surface area contributed by atoms with Crippen LogP contribution in [0.4, 0.5) is 0 Å². The molecular formula is C9H9BN2. The quantitative estimate of drug-likeness (QED) is 0.512. The number of hydrogen-bond acceptors (Lipinski definition) is 1. The van der Waals surface area contributed by atoms with Gasteiger partial charge in [-0.3, -0.25) is 4.68 Å². The van der Waals surface area contributed by atoms with E-state index in [0.29, 0.717) is 0 Å². The maximum Gasteiger partial charge on any atom is 0.114 e. The molecule has 0 unspecified atom stereocenters. The first-order valence-corrected chi connectivity index (χ1v) is 3.87. The van der Waals surface area contributed by atoms with Gasteiger partial charge in [-0.05, 0) is 18.6 Å². The average molecular weight is 156 g/mol. The number of rotatable bonds is 0. The molecule has 0 aliphatic heterocycles. The molecule has 1 aromatic carbocycles. The van der Waals surface area contributed by atoms with Crippen molar-refractivity contribution in [3.8, 4) is 0 Å². The molecule has 2 rings (SSSR count). The Bertz CT molecular complexity index is 431. The van der Waals surface area contributed by atoms with Crippen LogP contribution in [0.25, 0.3) is 10.9 Å². The molecule has 0 saturated carbocycles. The van der Waals surface area contributed by atoms with Crippen molar-refractivity contribution in [2.24, 2.45) is 7.05 Å². The molecule has 3 heteroatoms. The molecule has 0 saturated heterocycles. The van der Waals surface area contributed by atoms with Crippen molar-refractivity contribution in [3.63, 3.8) is 0 Å². The zero-order valence-corrected chi connectivity index (χ0v) is 7.20. The van der Waals surface area contributed by atoms with E-state index in [1.807, 2.05) is 37.0 Å². The first-order chi connectivity index (χ1) is 5.70. The highest BCUT2D eigenvalue weighted by Crippen LogP contribution is 2.14. The second kappa shape index (κ2) is 2.37. The van der Waals surface area contributed by atoms with Crippen LogP contribution in [0.1, 0.15) is 5.56 Å². The summed E-state index contributed by atoms with van der Waals surface area (Å²) >= 11 is 0. The van der Waals surface area contributed by atoms with Gasteiger partial charge in [-0.1, -0.05) is 11.5 Å². The molecule has 2 aromatic rings. The zero-order chi connectivity index (χ0) is 8.72. The van der Waals surface area contributed by atoms with Gasteiger partial charge in [-0.15, -0.1) is 0 Å². The zero-order valence-electron chi connectivity index (χ0n) is 7.20. The lowest BCUT2D eigenvalue weighted by Crippen LogP contribution is -2.06. The van der Waals surface area contributed by atoms with E-state index in [2.05, 4.69) is 5.10 Å². The second-order valence-electron chi connectivity index (χ2n) is 2.98. The third-order valence-electron chi connectivity index (χ3n) is 2.24. The van der Waals surface area contributed by atoms with Crippen molar-refractivity contribution >= 4 is 24.2 Å². The molecule has 0 fully saturated rings. The van der Waals surface area contributed by atoms with Gasteiger partial charge in [0.25, 0.3) is 0 Å². The molecule has 0 spiro atoms. The largest absolute Gasteiger partial charge is 0.268 e. The molecule has 2 nitrogen and oxygen atoms in total. The van der Waals surface area contributed by atoms with E-state index < -0.39 is 0 Å². The summed E-state index contributed by atoms with van der Waals surface area (Å²) in [5, 5.41) is 5.30. The lowest BCUT2D eigenvalue weighted by Gasteiger charge is -2.01. The summed E-state index contributed by atoms with van der Waals surface area (Å²) in [5.74, 6) is 0. The number of nitrogens with zero attached hydrogens (tertiary/aromatic N) is 2. The van der Waals surface area contributed by atoms with Gasteiger partial charge in [0.2, 0.25) is 0 Å². The van der Waals surface area contributed by atoms with Crippen LogP contribution >= 0.6 is 0 Å². The Kier molecular flexibility index (Phi) is 1.46. The Labute approximate surface area is 72.6 Å². The predicted molar refractivity (Wildman–Crippen MR) is 50.8 cm³/mol. The van der Waals surface area contributed by atoms with E-state index in [4.69, 9.17) is 7.85 Å².